The first-order chi connectivity index (χ1) is 19.6. The lowest BCUT2D eigenvalue weighted by Gasteiger charge is -2.34. The van der Waals surface area contributed by atoms with Crippen molar-refractivity contribution in [3.8, 4) is 6.07 Å². The lowest BCUT2D eigenvalue weighted by Crippen LogP contribution is -2.49. The third-order valence-corrected chi connectivity index (χ3v) is 7.89. The van der Waals surface area contributed by atoms with Crippen LogP contribution in [0.3, 0.4) is 0 Å². The number of carbonyl (C=O) groups is 2. The van der Waals surface area contributed by atoms with E-state index in [0.29, 0.717) is 22.6 Å². The Morgan fingerprint density at radius 2 is 1.50 bits per heavy atom. The van der Waals surface area contributed by atoms with Gasteiger partial charge in [-0.15, -0.1) is 0 Å². The van der Waals surface area contributed by atoms with Gasteiger partial charge in [-0.1, -0.05) is 12.1 Å². The second kappa shape index (κ2) is 11.4. The highest BCUT2D eigenvalue weighted by Crippen LogP contribution is 2.40. The minimum Gasteiger partial charge on any atom is -0.381 e. The number of hydrogen-bond acceptors (Lipinski definition) is 4. The Morgan fingerprint density at radius 3 is 2.00 bits per heavy atom. The third-order valence-electron chi connectivity index (χ3n) is 7.89. The highest BCUT2D eigenvalue weighted by atomic mass is 19.4. The number of ether oxygens (including phenoxy) is 1. The number of rotatable bonds is 4. The molecule has 0 unspecified atom stereocenters. The number of benzene rings is 2. The van der Waals surface area contributed by atoms with E-state index in [4.69, 9.17) is 4.74 Å². The van der Waals surface area contributed by atoms with E-state index in [1.165, 1.54) is 36.2 Å². The molecule has 0 saturated carbocycles. The number of halogens is 7. The van der Waals surface area contributed by atoms with E-state index in [0.717, 1.165) is 11.9 Å². The summed E-state index contributed by atoms with van der Waals surface area (Å²) in [5.74, 6) is -1.59. The van der Waals surface area contributed by atoms with Crippen LogP contribution in [0.2, 0.25) is 0 Å². The molecule has 0 N–H and O–H groups in total. The molecular formula is C28H27F7N4O3. The van der Waals surface area contributed by atoms with Crippen molar-refractivity contribution >= 4 is 17.6 Å². The number of likely N-dealkylation sites (N-methyl/N-ethyl adjacent to an activating group) is 1. The summed E-state index contributed by atoms with van der Waals surface area (Å²) in [5, 5.41) is 9.88. The minimum atomic E-state index is -5.10. The smallest absolute Gasteiger partial charge is 0.381 e. The molecule has 226 valence electrons. The van der Waals surface area contributed by atoms with Gasteiger partial charge in [-0.25, -0.2) is 9.18 Å². The van der Waals surface area contributed by atoms with Crippen molar-refractivity contribution in [2.75, 3.05) is 45.3 Å². The van der Waals surface area contributed by atoms with Gasteiger partial charge in [0.25, 0.3) is 0 Å². The largest absolute Gasteiger partial charge is 0.416 e. The van der Waals surface area contributed by atoms with E-state index in [2.05, 4.69) is 6.07 Å². The molecular weight excluding hydrogens is 573 g/mol. The molecule has 2 fully saturated rings. The summed E-state index contributed by atoms with van der Waals surface area (Å²) in [6.45, 7) is 0.385. The third kappa shape index (κ3) is 6.16. The Morgan fingerprint density at radius 1 is 0.952 bits per heavy atom. The summed E-state index contributed by atoms with van der Waals surface area (Å²) >= 11 is 0. The van der Waals surface area contributed by atoms with Crippen molar-refractivity contribution in [3.05, 3.63) is 65.0 Å². The van der Waals surface area contributed by atoms with Crippen molar-refractivity contribution in [3.63, 3.8) is 0 Å². The van der Waals surface area contributed by atoms with Crippen LogP contribution in [0.5, 0.6) is 0 Å². The molecule has 0 radical (unpaired) electrons. The van der Waals surface area contributed by atoms with Crippen molar-refractivity contribution in [2.45, 2.75) is 37.2 Å². The number of nitriles is 1. The number of alkyl halides is 6. The molecule has 0 spiro atoms. The van der Waals surface area contributed by atoms with Crippen molar-refractivity contribution < 1.29 is 45.1 Å². The average molecular weight is 601 g/mol. The fourth-order valence-corrected chi connectivity index (χ4v) is 5.40. The first kappa shape index (κ1) is 31.1. The van der Waals surface area contributed by atoms with Gasteiger partial charge in [-0.05, 0) is 48.7 Å². The molecule has 0 aromatic heterocycles. The van der Waals surface area contributed by atoms with Crippen LogP contribution in [0.1, 0.15) is 35.4 Å². The number of carbonyl (C=O) groups excluding carboxylic acids is 2. The zero-order valence-electron chi connectivity index (χ0n) is 22.6. The molecule has 2 aliphatic heterocycles. The normalized spacial score (nSPS) is 20.6. The van der Waals surface area contributed by atoms with Gasteiger partial charge >= 0.3 is 18.4 Å². The first-order valence-electron chi connectivity index (χ1n) is 12.9. The van der Waals surface area contributed by atoms with Gasteiger partial charge in [0.15, 0.2) is 0 Å². The van der Waals surface area contributed by atoms with Gasteiger partial charge in [0.05, 0.1) is 23.2 Å². The van der Waals surface area contributed by atoms with Crippen LogP contribution in [-0.4, -0.2) is 68.2 Å². The number of urea groups is 1. The molecule has 42 heavy (non-hydrogen) atoms. The van der Waals surface area contributed by atoms with E-state index in [1.807, 2.05) is 0 Å². The molecule has 0 aliphatic carbocycles. The summed E-state index contributed by atoms with van der Waals surface area (Å²) in [4.78, 5) is 30.4. The zero-order chi connectivity index (χ0) is 31.0. The van der Waals surface area contributed by atoms with Gasteiger partial charge in [0.2, 0.25) is 5.91 Å². The Kier molecular flexibility index (Phi) is 8.46. The second-order valence-corrected chi connectivity index (χ2v) is 10.5. The fraction of sp³-hybridized carbons (Fsp3) is 0.464. The predicted molar refractivity (Wildman–Crippen MR) is 136 cm³/mol. The van der Waals surface area contributed by atoms with Crippen molar-refractivity contribution in [1.29, 1.82) is 5.26 Å². The summed E-state index contributed by atoms with van der Waals surface area (Å²) in [6.07, 6.45) is -9.88. The van der Waals surface area contributed by atoms with Crippen molar-refractivity contribution in [2.24, 2.45) is 5.41 Å². The summed E-state index contributed by atoms with van der Waals surface area (Å²) in [7, 11) is 2.37. The second-order valence-electron chi connectivity index (χ2n) is 10.5. The standard InChI is InChI=1S/C28H27F7N4O3/c1-37(21-12-18(27(30,31)32)11-19(13-21)28(33,34)35)25(41)38(2)23-15-39(14-22(23)17-3-5-20(29)6-4-17)24(40)26(16-36)7-9-42-10-8-26/h3-6,11-13,22-23H,7-10,14-15H2,1-2H3/t22-,23+/m0/s1. The summed E-state index contributed by atoms with van der Waals surface area (Å²) in [5.41, 5.74) is -4.57. The average Bonchev–Trinajstić information content (AvgIpc) is 3.40. The molecule has 14 heteroatoms. The van der Waals surface area contributed by atoms with Gasteiger partial charge in [-0.3, -0.25) is 9.69 Å². The summed E-state index contributed by atoms with van der Waals surface area (Å²) < 4.78 is 99.6. The van der Waals surface area contributed by atoms with E-state index in [1.54, 1.807) is 0 Å². The molecule has 7 nitrogen and oxygen atoms in total. The maximum atomic E-state index is 13.7. The van der Waals surface area contributed by atoms with Crippen molar-refractivity contribution in [1.82, 2.24) is 9.80 Å². The molecule has 2 aromatic carbocycles. The first-order valence-corrected chi connectivity index (χ1v) is 12.9. The van der Waals surface area contributed by atoms with Gasteiger partial charge < -0.3 is 14.5 Å². The van der Waals surface area contributed by atoms with Gasteiger partial charge in [0, 0.05) is 52.0 Å². The SMILES string of the molecule is CN(C(=O)N(C)[C@@H]1CN(C(=O)C2(C#N)CCOCC2)C[C@H]1c1ccc(F)cc1)c1cc(C(F)(F)F)cc(C(F)(F)F)c1. The molecule has 2 aromatic rings. The molecule has 2 heterocycles. The number of anilines is 1. The zero-order valence-corrected chi connectivity index (χ0v) is 22.6. The molecule has 0 bridgehead atoms. The predicted octanol–water partition coefficient (Wildman–Crippen LogP) is 5.67. The summed E-state index contributed by atoms with van der Waals surface area (Å²) in [6, 6.07) is 6.57. The molecule has 2 atom stereocenters. The van der Waals surface area contributed by atoms with E-state index in [9.17, 15) is 45.6 Å². The number of nitrogens with zero attached hydrogens (tertiary/aromatic N) is 4. The highest BCUT2D eigenvalue weighted by Gasteiger charge is 2.48. The van der Waals surface area contributed by atoms with Gasteiger partial charge in [-0.2, -0.15) is 31.6 Å². The van der Waals surface area contributed by atoms with E-state index >= 15 is 0 Å². The Hall–Kier alpha value is -3.86. The van der Waals surface area contributed by atoms with Gasteiger partial charge in [0.1, 0.15) is 11.2 Å². The number of amides is 3. The highest BCUT2D eigenvalue weighted by molar-refractivity contribution is 5.92. The van der Waals surface area contributed by atoms with Crippen LogP contribution in [0.15, 0.2) is 42.5 Å². The fourth-order valence-electron chi connectivity index (χ4n) is 5.40. The lowest BCUT2D eigenvalue weighted by molar-refractivity contribution is -0.143. The van der Waals surface area contributed by atoms with Crippen LogP contribution < -0.4 is 4.90 Å². The quantitative estimate of drug-likeness (QED) is 0.424. The number of hydrogen-bond donors (Lipinski definition) is 0. The molecule has 2 aliphatic rings. The van der Waals surface area contributed by atoms with Crippen LogP contribution in [-0.2, 0) is 21.9 Å². The van der Waals surface area contributed by atoms with E-state index in [-0.39, 0.29) is 45.2 Å². The molecule has 2 saturated heterocycles. The topological polar surface area (TPSA) is 76.9 Å². The lowest BCUT2D eigenvalue weighted by atomic mass is 9.80. The maximum absolute atomic E-state index is 13.7. The number of likely N-dealkylation sites (tertiary alicyclic amines) is 1. The van der Waals surface area contributed by atoms with Crippen LogP contribution in [0, 0.1) is 22.6 Å². The molecule has 3 amide bonds. The van der Waals surface area contributed by atoms with Crippen LogP contribution in [0.4, 0.5) is 41.2 Å². The van der Waals surface area contributed by atoms with Crippen LogP contribution in [0.25, 0.3) is 0 Å². The Labute approximate surface area is 237 Å². The Bertz CT molecular complexity index is 1330. The minimum absolute atomic E-state index is 0.0299. The molecule has 4 rings (SSSR count). The van der Waals surface area contributed by atoms with Crippen LogP contribution >= 0.6 is 0 Å². The maximum Gasteiger partial charge on any atom is 0.416 e. The van der Waals surface area contributed by atoms with E-state index < -0.39 is 64.3 Å². The monoisotopic (exact) mass is 600 g/mol. The Balaban J connectivity index is 1.67.